The zero-order valence-electron chi connectivity index (χ0n) is 17.6. The molecule has 30 heavy (non-hydrogen) atoms. The Morgan fingerprint density at radius 2 is 1.73 bits per heavy atom. The van der Waals surface area contributed by atoms with Gasteiger partial charge < -0.3 is 18.9 Å². The number of amides is 1. The number of carbonyl (C=O) groups excluding carboxylic acids is 1. The lowest BCUT2D eigenvalue weighted by Crippen LogP contribution is -2.33. The Bertz CT molecular complexity index is 1140. The molecule has 0 saturated heterocycles. The maximum absolute atomic E-state index is 13.7. The second-order valence-corrected chi connectivity index (χ2v) is 7.26. The van der Waals surface area contributed by atoms with Gasteiger partial charge >= 0.3 is 0 Å². The highest BCUT2D eigenvalue weighted by Crippen LogP contribution is 2.33. The second-order valence-electron chi connectivity index (χ2n) is 6.82. The Labute approximate surface area is 180 Å². The van der Waals surface area contributed by atoms with Crippen LogP contribution < -0.4 is 19.9 Å². The van der Waals surface area contributed by atoms with Crippen molar-refractivity contribution in [2.24, 2.45) is 0 Å². The summed E-state index contributed by atoms with van der Waals surface area (Å²) in [5.41, 5.74) is 0.938. The van der Waals surface area contributed by atoms with Crippen molar-refractivity contribution in [1.82, 2.24) is 4.57 Å². The van der Waals surface area contributed by atoms with Crippen molar-refractivity contribution < 1.29 is 14.3 Å². The van der Waals surface area contributed by atoms with E-state index in [1.807, 2.05) is 26.0 Å². The molecule has 3 aromatic rings. The van der Waals surface area contributed by atoms with E-state index in [0.717, 1.165) is 6.42 Å². The van der Waals surface area contributed by atoms with Gasteiger partial charge in [0.25, 0.3) is 11.5 Å². The number of nitrogens with zero attached hydrogens (tertiary/aromatic N) is 2. The number of pyridine rings is 1. The van der Waals surface area contributed by atoms with Gasteiger partial charge in [0.1, 0.15) is 0 Å². The van der Waals surface area contributed by atoms with Crippen LogP contribution in [0.25, 0.3) is 10.8 Å². The standard InChI is InChI=1S/C23H25ClN2O4/c1-5-10-26(16-9-7-8-15(24)11-16)23(28)19-14-25(6-2)22(27)18-13-21(30-4)20(29-3)12-17(18)19/h7-9,11-14H,5-6,10H2,1-4H3. The molecule has 0 fully saturated rings. The number of fused-ring (bicyclic) bond motifs is 1. The molecule has 158 valence electrons. The van der Waals surface area contributed by atoms with Gasteiger partial charge in [0.05, 0.1) is 25.2 Å². The van der Waals surface area contributed by atoms with Gasteiger partial charge in [-0.3, -0.25) is 9.59 Å². The molecule has 1 amide bonds. The number of ether oxygens (including phenoxy) is 2. The summed E-state index contributed by atoms with van der Waals surface area (Å²) < 4.78 is 12.3. The fraction of sp³-hybridized carbons (Fsp3) is 0.304. The van der Waals surface area contributed by atoms with Crippen molar-refractivity contribution in [3.8, 4) is 11.5 Å². The van der Waals surface area contributed by atoms with Crippen LogP contribution >= 0.6 is 11.6 Å². The van der Waals surface area contributed by atoms with Gasteiger partial charge in [0.15, 0.2) is 11.5 Å². The SMILES string of the molecule is CCCN(C(=O)c1cn(CC)c(=O)c2cc(OC)c(OC)cc12)c1cccc(Cl)c1. The maximum atomic E-state index is 13.7. The quantitative estimate of drug-likeness (QED) is 0.545. The highest BCUT2D eigenvalue weighted by Gasteiger charge is 2.23. The van der Waals surface area contributed by atoms with Crippen molar-refractivity contribution in [2.45, 2.75) is 26.8 Å². The molecule has 0 unspecified atom stereocenters. The lowest BCUT2D eigenvalue weighted by Gasteiger charge is -2.24. The van der Waals surface area contributed by atoms with Crippen LogP contribution in [0, 0.1) is 0 Å². The van der Waals surface area contributed by atoms with Gasteiger partial charge in [0.2, 0.25) is 0 Å². The molecule has 0 atom stereocenters. The van der Waals surface area contributed by atoms with Crippen LogP contribution in [0.4, 0.5) is 5.69 Å². The third-order valence-corrected chi connectivity index (χ3v) is 5.21. The number of carbonyl (C=O) groups is 1. The average molecular weight is 429 g/mol. The van der Waals surface area contributed by atoms with E-state index >= 15 is 0 Å². The number of hydrogen-bond acceptors (Lipinski definition) is 4. The van der Waals surface area contributed by atoms with E-state index in [9.17, 15) is 9.59 Å². The van der Waals surface area contributed by atoms with E-state index in [1.165, 1.54) is 18.8 Å². The summed E-state index contributed by atoms with van der Waals surface area (Å²) in [5, 5.41) is 1.48. The van der Waals surface area contributed by atoms with Crippen LogP contribution in [0.1, 0.15) is 30.6 Å². The molecule has 0 spiro atoms. The number of aromatic nitrogens is 1. The van der Waals surface area contributed by atoms with E-state index in [-0.39, 0.29) is 11.5 Å². The van der Waals surface area contributed by atoms with E-state index in [1.54, 1.807) is 35.4 Å². The molecule has 6 nitrogen and oxygen atoms in total. The molecule has 0 aliphatic carbocycles. The Morgan fingerprint density at radius 3 is 2.30 bits per heavy atom. The summed E-state index contributed by atoms with van der Waals surface area (Å²) in [6.45, 7) is 4.82. The Hall–Kier alpha value is -2.99. The molecule has 0 aliphatic heterocycles. The number of rotatable bonds is 7. The number of anilines is 1. The third-order valence-electron chi connectivity index (χ3n) is 4.97. The molecule has 0 saturated carbocycles. The average Bonchev–Trinajstić information content (AvgIpc) is 2.76. The van der Waals surface area contributed by atoms with E-state index in [4.69, 9.17) is 21.1 Å². The van der Waals surface area contributed by atoms with E-state index < -0.39 is 0 Å². The number of halogens is 1. The molecule has 1 aromatic heterocycles. The van der Waals surface area contributed by atoms with Gasteiger partial charge in [-0.25, -0.2) is 0 Å². The Balaban J connectivity index is 2.28. The molecule has 7 heteroatoms. The molecule has 0 bridgehead atoms. The van der Waals surface area contributed by atoms with Gasteiger partial charge in [-0.1, -0.05) is 24.6 Å². The van der Waals surface area contributed by atoms with Crippen LogP contribution in [-0.2, 0) is 6.54 Å². The van der Waals surface area contributed by atoms with Crippen LogP contribution in [0.15, 0.2) is 47.4 Å². The van der Waals surface area contributed by atoms with Crippen molar-refractivity contribution in [3.63, 3.8) is 0 Å². The lowest BCUT2D eigenvalue weighted by atomic mass is 10.0. The Morgan fingerprint density at radius 1 is 1.07 bits per heavy atom. The van der Waals surface area contributed by atoms with Gasteiger partial charge in [0, 0.05) is 35.4 Å². The maximum Gasteiger partial charge on any atom is 0.260 e. The topological polar surface area (TPSA) is 60.8 Å². The van der Waals surface area contributed by atoms with Crippen LogP contribution in [0.2, 0.25) is 5.02 Å². The summed E-state index contributed by atoms with van der Waals surface area (Å²) in [7, 11) is 3.03. The fourth-order valence-corrected chi connectivity index (χ4v) is 3.67. The predicted molar refractivity (Wildman–Crippen MR) is 120 cm³/mol. The molecule has 1 heterocycles. The first-order valence-electron chi connectivity index (χ1n) is 9.81. The number of benzene rings is 2. The monoisotopic (exact) mass is 428 g/mol. The molecular weight excluding hydrogens is 404 g/mol. The largest absolute Gasteiger partial charge is 0.493 e. The second kappa shape index (κ2) is 9.22. The van der Waals surface area contributed by atoms with Gasteiger partial charge in [-0.15, -0.1) is 0 Å². The van der Waals surface area contributed by atoms with Gasteiger partial charge in [-0.05, 0) is 43.7 Å². The normalized spacial score (nSPS) is 10.8. The smallest absolute Gasteiger partial charge is 0.260 e. The van der Waals surface area contributed by atoms with Crippen molar-refractivity contribution in [1.29, 1.82) is 0 Å². The molecule has 0 aliphatic rings. The van der Waals surface area contributed by atoms with E-state index in [2.05, 4.69) is 0 Å². The van der Waals surface area contributed by atoms with Crippen molar-refractivity contribution in [2.75, 3.05) is 25.7 Å². The highest BCUT2D eigenvalue weighted by molar-refractivity contribution is 6.31. The molecular formula is C23H25ClN2O4. The molecule has 3 rings (SSSR count). The molecule has 0 radical (unpaired) electrons. The zero-order chi connectivity index (χ0) is 21.8. The van der Waals surface area contributed by atoms with Gasteiger partial charge in [-0.2, -0.15) is 0 Å². The first-order valence-corrected chi connectivity index (χ1v) is 10.2. The van der Waals surface area contributed by atoms with Crippen LogP contribution in [0.5, 0.6) is 11.5 Å². The summed E-state index contributed by atoms with van der Waals surface area (Å²) >= 11 is 6.16. The Kier molecular flexibility index (Phi) is 6.67. The van der Waals surface area contributed by atoms with E-state index in [0.29, 0.717) is 51.6 Å². The lowest BCUT2D eigenvalue weighted by molar-refractivity contribution is 0.0987. The number of aryl methyl sites for hydroxylation is 1. The predicted octanol–water partition coefficient (Wildman–Crippen LogP) is 4.75. The number of methoxy groups -OCH3 is 2. The minimum atomic E-state index is -0.210. The minimum absolute atomic E-state index is 0.185. The number of hydrogen-bond donors (Lipinski definition) is 0. The first kappa shape index (κ1) is 21.7. The van der Waals surface area contributed by atoms with Crippen LogP contribution in [-0.4, -0.2) is 31.2 Å². The highest BCUT2D eigenvalue weighted by atomic mass is 35.5. The van der Waals surface area contributed by atoms with Crippen LogP contribution in [0.3, 0.4) is 0 Å². The minimum Gasteiger partial charge on any atom is -0.493 e. The summed E-state index contributed by atoms with van der Waals surface area (Å²) in [6, 6.07) is 10.5. The first-order chi connectivity index (χ1) is 14.4. The van der Waals surface area contributed by atoms with Crippen molar-refractivity contribution >= 4 is 34.0 Å². The zero-order valence-corrected chi connectivity index (χ0v) is 18.3. The summed E-state index contributed by atoms with van der Waals surface area (Å²) in [5.74, 6) is 0.686. The fourth-order valence-electron chi connectivity index (χ4n) is 3.48. The van der Waals surface area contributed by atoms with Crippen molar-refractivity contribution in [3.05, 3.63) is 63.5 Å². The third kappa shape index (κ3) is 4.00. The molecule has 0 N–H and O–H groups in total. The summed E-state index contributed by atoms with van der Waals surface area (Å²) in [6.07, 6.45) is 2.38. The molecule has 2 aromatic carbocycles. The summed E-state index contributed by atoms with van der Waals surface area (Å²) in [4.78, 5) is 28.3.